The second-order valence-corrected chi connectivity index (χ2v) is 6.01. The summed E-state index contributed by atoms with van der Waals surface area (Å²) in [6.07, 6.45) is 7.10. The molecule has 0 unspecified atom stereocenters. The van der Waals surface area contributed by atoms with Crippen LogP contribution in [0.2, 0.25) is 5.02 Å². The summed E-state index contributed by atoms with van der Waals surface area (Å²) in [6, 6.07) is 9.82. The molecule has 4 nitrogen and oxygen atoms in total. The van der Waals surface area contributed by atoms with Crippen LogP contribution in [0, 0.1) is 17.2 Å². The molecular formula is C17H17ClN4. The van der Waals surface area contributed by atoms with Gasteiger partial charge < -0.3 is 4.90 Å². The maximum absolute atomic E-state index is 9.03. The van der Waals surface area contributed by atoms with Crippen molar-refractivity contribution < 1.29 is 0 Å². The third kappa shape index (κ3) is 3.37. The van der Waals surface area contributed by atoms with Crippen molar-refractivity contribution in [1.29, 1.82) is 5.26 Å². The summed E-state index contributed by atoms with van der Waals surface area (Å²) in [4.78, 5) is 10.8. The maximum atomic E-state index is 9.03. The Morgan fingerprint density at radius 3 is 2.77 bits per heavy atom. The van der Waals surface area contributed by atoms with Crippen LogP contribution in [0.15, 0.2) is 36.7 Å². The summed E-state index contributed by atoms with van der Waals surface area (Å²) in [5.74, 6) is 1.53. The van der Waals surface area contributed by atoms with Crippen LogP contribution in [0.5, 0.6) is 0 Å². The second kappa shape index (κ2) is 6.76. The van der Waals surface area contributed by atoms with Crippen molar-refractivity contribution >= 4 is 17.4 Å². The number of rotatable bonds is 3. The molecule has 0 atom stereocenters. The van der Waals surface area contributed by atoms with Gasteiger partial charge in [-0.05, 0) is 48.9 Å². The van der Waals surface area contributed by atoms with Crippen LogP contribution in [0.25, 0.3) is 0 Å². The highest BCUT2D eigenvalue weighted by atomic mass is 35.5. The number of hydrogen-bond acceptors (Lipinski definition) is 4. The molecule has 3 rings (SSSR count). The molecule has 1 saturated heterocycles. The number of nitrogens with zero attached hydrogens (tertiary/aromatic N) is 4. The fraction of sp³-hybridized carbons (Fsp3) is 0.353. The highest BCUT2D eigenvalue weighted by Gasteiger charge is 2.21. The standard InChI is InChI=1S/C17H17ClN4/c18-15-3-4-17(21-16(15)11-19)22-8-5-13(6-9-22)10-14-2-1-7-20-12-14/h1-4,7,12-13H,5-6,8-10H2. The molecule has 112 valence electrons. The van der Waals surface area contributed by atoms with Crippen molar-refractivity contribution in [2.45, 2.75) is 19.3 Å². The minimum absolute atomic E-state index is 0.302. The van der Waals surface area contributed by atoms with E-state index in [1.54, 1.807) is 6.07 Å². The summed E-state index contributed by atoms with van der Waals surface area (Å²) < 4.78 is 0. The van der Waals surface area contributed by atoms with Gasteiger partial charge in [0.05, 0.1) is 5.02 Å². The van der Waals surface area contributed by atoms with Gasteiger partial charge in [0.1, 0.15) is 11.9 Å². The molecule has 0 spiro atoms. The van der Waals surface area contributed by atoms with Crippen LogP contribution in [-0.4, -0.2) is 23.1 Å². The normalized spacial score (nSPS) is 15.5. The van der Waals surface area contributed by atoms with Gasteiger partial charge in [-0.15, -0.1) is 0 Å². The Balaban J connectivity index is 1.61. The zero-order valence-corrected chi connectivity index (χ0v) is 13.0. The van der Waals surface area contributed by atoms with E-state index in [2.05, 4.69) is 20.9 Å². The van der Waals surface area contributed by atoms with Gasteiger partial charge in [-0.3, -0.25) is 4.98 Å². The predicted molar refractivity (Wildman–Crippen MR) is 86.8 cm³/mol. The Morgan fingerprint density at radius 1 is 1.27 bits per heavy atom. The molecule has 0 amide bonds. The molecule has 0 N–H and O–H groups in total. The first kappa shape index (κ1) is 14.8. The zero-order chi connectivity index (χ0) is 15.4. The lowest BCUT2D eigenvalue weighted by molar-refractivity contribution is 0.402. The van der Waals surface area contributed by atoms with E-state index in [1.807, 2.05) is 30.6 Å². The van der Waals surface area contributed by atoms with Crippen molar-refractivity contribution in [1.82, 2.24) is 9.97 Å². The molecule has 2 aromatic heterocycles. The van der Waals surface area contributed by atoms with E-state index in [0.717, 1.165) is 38.2 Å². The molecule has 1 aliphatic rings. The Morgan fingerprint density at radius 2 is 2.09 bits per heavy atom. The largest absolute Gasteiger partial charge is 0.357 e. The molecule has 1 aliphatic heterocycles. The molecule has 22 heavy (non-hydrogen) atoms. The van der Waals surface area contributed by atoms with Gasteiger partial charge in [-0.2, -0.15) is 5.26 Å². The fourth-order valence-electron chi connectivity index (χ4n) is 2.90. The van der Waals surface area contributed by atoms with E-state index in [0.29, 0.717) is 16.6 Å². The Labute approximate surface area is 135 Å². The molecule has 0 bridgehead atoms. The van der Waals surface area contributed by atoms with Crippen LogP contribution >= 0.6 is 11.6 Å². The molecule has 0 aliphatic carbocycles. The van der Waals surface area contributed by atoms with Crippen LogP contribution in [0.4, 0.5) is 5.82 Å². The first-order valence-corrected chi connectivity index (χ1v) is 7.84. The van der Waals surface area contributed by atoms with Crippen LogP contribution in [-0.2, 0) is 6.42 Å². The quantitative estimate of drug-likeness (QED) is 0.871. The molecule has 0 aromatic carbocycles. The van der Waals surface area contributed by atoms with Gasteiger partial charge in [-0.25, -0.2) is 4.98 Å². The van der Waals surface area contributed by atoms with Gasteiger partial charge >= 0.3 is 0 Å². The van der Waals surface area contributed by atoms with Crippen LogP contribution in [0.3, 0.4) is 0 Å². The lowest BCUT2D eigenvalue weighted by Crippen LogP contribution is -2.35. The number of nitriles is 1. The average molecular weight is 313 g/mol. The first-order chi connectivity index (χ1) is 10.8. The number of aromatic nitrogens is 2. The van der Waals surface area contributed by atoms with Gasteiger partial charge in [0.15, 0.2) is 5.69 Å². The predicted octanol–water partition coefficient (Wildman–Crippen LogP) is 3.46. The molecule has 2 aromatic rings. The van der Waals surface area contributed by atoms with Gasteiger partial charge in [0, 0.05) is 25.5 Å². The third-order valence-corrected chi connectivity index (χ3v) is 4.43. The summed E-state index contributed by atoms with van der Waals surface area (Å²) in [6.45, 7) is 1.93. The highest BCUT2D eigenvalue weighted by Crippen LogP contribution is 2.26. The van der Waals surface area contributed by atoms with Crippen LogP contribution in [0.1, 0.15) is 24.1 Å². The van der Waals surface area contributed by atoms with Crippen molar-refractivity contribution in [3.63, 3.8) is 0 Å². The average Bonchev–Trinajstić information content (AvgIpc) is 2.57. The lowest BCUT2D eigenvalue weighted by Gasteiger charge is -2.33. The summed E-state index contributed by atoms with van der Waals surface area (Å²) in [5, 5.41) is 9.44. The second-order valence-electron chi connectivity index (χ2n) is 5.61. The smallest absolute Gasteiger partial charge is 0.161 e. The maximum Gasteiger partial charge on any atom is 0.161 e. The Kier molecular flexibility index (Phi) is 4.55. The molecule has 5 heteroatoms. The van der Waals surface area contributed by atoms with Crippen LogP contribution < -0.4 is 4.90 Å². The van der Waals surface area contributed by atoms with Gasteiger partial charge in [0.25, 0.3) is 0 Å². The van der Waals surface area contributed by atoms with Crippen molar-refractivity contribution in [3.05, 3.63) is 52.9 Å². The van der Waals surface area contributed by atoms with Crippen molar-refractivity contribution in [2.24, 2.45) is 5.92 Å². The minimum atomic E-state index is 0.302. The molecule has 1 fully saturated rings. The number of pyridine rings is 2. The Bertz CT molecular complexity index is 673. The first-order valence-electron chi connectivity index (χ1n) is 7.47. The van der Waals surface area contributed by atoms with E-state index in [-0.39, 0.29) is 0 Å². The molecule has 0 saturated carbocycles. The number of hydrogen-bond donors (Lipinski definition) is 0. The lowest BCUT2D eigenvalue weighted by atomic mass is 9.91. The third-order valence-electron chi connectivity index (χ3n) is 4.12. The summed E-state index contributed by atoms with van der Waals surface area (Å²) >= 11 is 5.94. The zero-order valence-electron chi connectivity index (χ0n) is 12.2. The molecule has 3 heterocycles. The highest BCUT2D eigenvalue weighted by molar-refractivity contribution is 6.31. The van der Waals surface area contributed by atoms with E-state index in [4.69, 9.17) is 16.9 Å². The monoisotopic (exact) mass is 312 g/mol. The van der Waals surface area contributed by atoms with Crippen molar-refractivity contribution in [2.75, 3.05) is 18.0 Å². The van der Waals surface area contributed by atoms with E-state index < -0.39 is 0 Å². The van der Waals surface area contributed by atoms with E-state index >= 15 is 0 Å². The Hall–Kier alpha value is -2.12. The van der Waals surface area contributed by atoms with Crippen molar-refractivity contribution in [3.8, 4) is 6.07 Å². The topological polar surface area (TPSA) is 52.8 Å². The summed E-state index contributed by atoms with van der Waals surface area (Å²) in [7, 11) is 0. The van der Waals surface area contributed by atoms with E-state index in [1.165, 1.54) is 5.56 Å². The fourth-order valence-corrected chi connectivity index (χ4v) is 3.05. The SMILES string of the molecule is N#Cc1nc(N2CCC(Cc3cccnc3)CC2)ccc1Cl. The number of piperidine rings is 1. The van der Waals surface area contributed by atoms with Gasteiger partial charge in [-0.1, -0.05) is 17.7 Å². The molecular weight excluding hydrogens is 296 g/mol. The minimum Gasteiger partial charge on any atom is -0.357 e. The van der Waals surface area contributed by atoms with Gasteiger partial charge in [0.2, 0.25) is 0 Å². The number of anilines is 1. The summed E-state index contributed by atoms with van der Waals surface area (Å²) in [5.41, 5.74) is 1.61. The molecule has 0 radical (unpaired) electrons. The van der Waals surface area contributed by atoms with E-state index in [9.17, 15) is 0 Å². The number of halogens is 1.